The van der Waals surface area contributed by atoms with E-state index >= 15 is 0 Å². The molecule has 1 amide bonds. The summed E-state index contributed by atoms with van der Waals surface area (Å²) in [6.07, 6.45) is 1.85. The summed E-state index contributed by atoms with van der Waals surface area (Å²) in [5.74, 6) is -1.62. The fourth-order valence-corrected chi connectivity index (χ4v) is 7.73. The van der Waals surface area contributed by atoms with Gasteiger partial charge < -0.3 is 9.64 Å². The van der Waals surface area contributed by atoms with E-state index < -0.39 is 21.8 Å². The van der Waals surface area contributed by atoms with E-state index in [2.05, 4.69) is 0 Å². The summed E-state index contributed by atoms with van der Waals surface area (Å²) in [6.45, 7) is 1.23. The molecule has 1 saturated heterocycles. The molecular formula is C20H20ClFN2O5S2. The van der Waals surface area contributed by atoms with Gasteiger partial charge in [0.05, 0.1) is 29.8 Å². The quantitative estimate of drug-likeness (QED) is 0.619. The lowest BCUT2D eigenvalue weighted by Gasteiger charge is -2.27. The van der Waals surface area contributed by atoms with Crippen LogP contribution in [0.4, 0.5) is 4.39 Å². The number of fused-ring (bicyclic) bond motifs is 1. The average Bonchev–Trinajstić information content (AvgIpc) is 3.41. The van der Waals surface area contributed by atoms with Crippen LogP contribution in [0.1, 0.15) is 44.0 Å². The number of carbonyl (C=O) groups is 2. The van der Waals surface area contributed by atoms with Gasteiger partial charge in [0.2, 0.25) is 0 Å². The van der Waals surface area contributed by atoms with Crippen molar-refractivity contribution in [3.63, 3.8) is 0 Å². The maximum atomic E-state index is 13.3. The molecule has 31 heavy (non-hydrogen) atoms. The minimum Gasteiger partial charge on any atom is -0.465 e. The lowest BCUT2D eigenvalue weighted by atomic mass is 10.0. The molecule has 1 aromatic carbocycles. The number of sulfonamides is 1. The number of benzene rings is 1. The van der Waals surface area contributed by atoms with E-state index in [9.17, 15) is 22.4 Å². The van der Waals surface area contributed by atoms with Crippen LogP contribution in [0.5, 0.6) is 0 Å². The van der Waals surface area contributed by atoms with Crippen LogP contribution in [-0.2, 0) is 27.7 Å². The second-order valence-corrected chi connectivity index (χ2v) is 11.0. The maximum absolute atomic E-state index is 13.3. The molecule has 166 valence electrons. The Kier molecular flexibility index (Phi) is 6.08. The van der Waals surface area contributed by atoms with Gasteiger partial charge in [0.1, 0.15) is 10.0 Å². The first-order valence-electron chi connectivity index (χ1n) is 9.71. The number of hydrogen-bond donors (Lipinski definition) is 0. The monoisotopic (exact) mass is 486 g/mol. The van der Waals surface area contributed by atoms with Crippen molar-refractivity contribution in [3.05, 3.63) is 50.6 Å². The third-order valence-electron chi connectivity index (χ3n) is 5.50. The van der Waals surface area contributed by atoms with Gasteiger partial charge in [-0.1, -0.05) is 11.6 Å². The van der Waals surface area contributed by atoms with Gasteiger partial charge in [0.25, 0.3) is 15.9 Å². The first-order chi connectivity index (χ1) is 14.7. The summed E-state index contributed by atoms with van der Waals surface area (Å²) < 4.78 is 46.0. The van der Waals surface area contributed by atoms with E-state index in [1.165, 1.54) is 22.4 Å². The molecule has 2 aliphatic heterocycles. The zero-order valence-corrected chi connectivity index (χ0v) is 19.1. The highest BCUT2D eigenvalue weighted by atomic mass is 35.5. The minimum absolute atomic E-state index is 0.00882. The van der Waals surface area contributed by atoms with Gasteiger partial charge in [-0.3, -0.25) is 4.79 Å². The van der Waals surface area contributed by atoms with E-state index in [-0.39, 0.29) is 39.4 Å². The first-order valence-corrected chi connectivity index (χ1v) is 12.3. The van der Waals surface area contributed by atoms with E-state index in [1.54, 1.807) is 0 Å². The summed E-state index contributed by atoms with van der Waals surface area (Å²) in [7, 11) is -2.62. The number of hydrogen-bond acceptors (Lipinski definition) is 6. The molecule has 2 aliphatic rings. The van der Waals surface area contributed by atoms with Crippen molar-refractivity contribution >= 4 is 44.8 Å². The molecule has 0 unspecified atom stereocenters. The Labute approximate surface area is 188 Å². The molecule has 3 heterocycles. The molecule has 2 aromatic rings. The predicted octanol–water partition coefficient (Wildman–Crippen LogP) is 3.31. The van der Waals surface area contributed by atoms with E-state index in [4.69, 9.17) is 16.3 Å². The van der Waals surface area contributed by atoms with Crippen molar-refractivity contribution in [1.29, 1.82) is 0 Å². The number of halogens is 2. The van der Waals surface area contributed by atoms with Gasteiger partial charge in [0, 0.05) is 24.5 Å². The first kappa shape index (κ1) is 22.2. The zero-order chi connectivity index (χ0) is 22.3. The fraction of sp³-hybridized carbons (Fsp3) is 0.400. The summed E-state index contributed by atoms with van der Waals surface area (Å²) in [5, 5.41) is 0.00882. The molecule has 0 N–H and O–H groups in total. The Morgan fingerprint density at radius 2 is 1.90 bits per heavy atom. The highest BCUT2D eigenvalue weighted by molar-refractivity contribution is 7.91. The maximum Gasteiger partial charge on any atom is 0.340 e. The highest BCUT2D eigenvalue weighted by Crippen LogP contribution is 2.39. The number of nitrogens with zero attached hydrogens (tertiary/aromatic N) is 2. The molecule has 0 radical (unpaired) electrons. The Morgan fingerprint density at radius 3 is 2.55 bits per heavy atom. The topological polar surface area (TPSA) is 84.0 Å². The molecule has 1 fully saturated rings. The summed E-state index contributed by atoms with van der Waals surface area (Å²) in [6, 6.07) is 3.56. The number of methoxy groups -OCH3 is 1. The van der Waals surface area contributed by atoms with Crippen molar-refractivity contribution in [2.75, 3.05) is 26.7 Å². The number of ether oxygens (including phenoxy) is 1. The van der Waals surface area contributed by atoms with Gasteiger partial charge >= 0.3 is 5.97 Å². The van der Waals surface area contributed by atoms with E-state index in [1.807, 2.05) is 0 Å². The smallest absolute Gasteiger partial charge is 0.340 e. The van der Waals surface area contributed by atoms with Gasteiger partial charge in [-0.25, -0.2) is 17.6 Å². The molecule has 0 atom stereocenters. The van der Waals surface area contributed by atoms with Gasteiger partial charge in [-0.05, 0) is 43.0 Å². The van der Waals surface area contributed by atoms with Gasteiger partial charge in [-0.2, -0.15) is 4.31 Å². The fourth-order valence-electron chi connectivity index (χ4n) is 3.92. The summed E-state index contributed by atoms with van der Waals surface area (Å²) in [4.78, 5) is 27.6. The third kappa shape index (κ3) is 3.97. The Hall–Kier alpha value is -2.01. The van der Waals surface area contributed by atoms with E-state index in [0.717, 1.165) is 36.3 Å². The minimum atomic E-state index is -3.84. The lowest BCUT2D eigenvalue weighted by molar-refractivity contribution is 0.0595. The Morgan fingerprint density at radius 1 is 1.19 bits per heavy atom. The SMILES string of the molecule is COC(=O)c1c(S(=O)(=O)N2CCCC2)sc2c1CCN(C(=O)c1ccc(F)cc1Cl)C2. The molecular weight excluding hydrogens is 467 g/mol. The molecule has 1 aromatic heterocycles. The van der Waals surface area contributed by atoms with Crippen LogP contribution in [-0.4, -0.2) is 56.2 Å². The summed E-state index contributed by atoms with van der Waals surface area (Å²) in [5.41, 5.74) is 0.839. The van der Waals surface area contributed by atoms with Crippen LogP contribution in [0.25, 0.3) is 0 Å². The van der Waals surface area contributed by atoms with Crippen molar-refractivity contribution in [2.24, 2.45) is 0 Å². The van der Waals surface area contributed by atoms with Crippen molar-refractivity contribution < 1.29 is 27.1 Å². The van der Waals surface area contributed by atoms with Crippen LogP contribution in [0.15, 0.2) is 22.4 Å². The second-order valence-electron chi connectivity index (χ2n) is 7.37. The molecule has 0 bridgehead atoms. The van der Waals surface area contributed by atoms with Crippen LogP contribution in [0, 0.1) is 5.82 Å². The second kappa shape index (κ2) is 8.50. The van der Waals surface area contributed by atoms with Crippen LogP contribution < -0.4 is 0 Å². The number of esters is 1. The largest absolute Gasteiger partial charge is 0.465 e. The molecule has 7 nitrogen and oxygen atoms in total. The number of carbonyl (C=O) groups excluding carboxylic acids is 2. The third-order valence-corrected chi connectivity index (χ3v) is 9.43. The Bertz CT molecular complexity index is 1160. The zero-order valence-electron chi connectivity index (χ0n) is 16.7. The van der Waals surface area contributed by atoms with Crippen LogP contribution in [0.3, 0.4) is 0 Å². The van der Waals surface area contributed by atoms with Crippen LogP contribution in [0.2, 0.25) is 5.02 Å². The number of amides is 1. The average molecular weight is 487 g/mol. The lowest BCUT2D eigenvalue weighted by Crippen LogP contribution is -2.36. The Balaban J connectivity index is 1.70. The van der Waals surface area contributed by atoms with Gasteiger partial charge in [-0.15, -0.1) is 11.3 Å². The summed E-state index contributed by atoms with van der Waals surface area (Å²) >= 11 is 7.04. The molecule has 0 spiro atoms. The highest BCUT2D eigenvalue weighted by Gasteiger charge is 2.38. The normalized spacial score (nSPS) is 16.9. The van der Waals surface area contributed by atoms with Gasteiger partial charge in [0.15, 0.2) is 0 Å². The van der Waals surface area contributed by atoms with Crippen molar-refractivity contribution in [3.8, 4) is 0 Å². The number of rotatable bonds is 4. The molecule has 4 rings (SSSR count). The molecule has 0 saturated carbocycles. The molecule has 11 heteroatoms. The number of thiophene rings is 1. The van der Waals surface area contributed by atoms with E-state index in [0.29, 0.717) is 30.0 Å². The van der Waals surface area contributed by atoms with Crippen molar-refractivity contribution in [1.82, 2.24) is 9.21 Å². The van der Waals surface area contributed by atoms with Crippen molar-refractivity contribution in [2.45, 2.75) is 30.0 Å². The molecule has 0 aliphatic carbocycles. The standard InChI is InChI=1S/C20H20ClFN2O5S2/c1-29-19(26)17-14-6-9-23(18(25)13-5-4-12(22)10-15(13)21)11-16(14)30-20(17)31(27,28)24-7-2-3-8-24/h4-5,10H,2-3,6-9,11H2,1H3. The predicted molar refractivity (Wildman–Crippen MR) is 114 cm³/mol. The van der Waals surface area contributed by atoms with Crippen LogP contribution >= 0.6 is 22.9 Å².